The number of likely N-dealkylation sites (tertiary alicyclic amines) is 1. The van der Waals surface area contributed by atoms with Crippen molar-refractivity contribution in [2.24, 2.45) is 5.73 Å². The molecule has 5 nitrogen and oxygen atoms in total. The molecule has 0 spiro atoms. The number of carbonyl (C=O) groups is 2. The van der Waals surface area contributed by atoms with E-state index in [0.717, 1.165) is 30.6 Å². The van der Waals surface area contributed by atoms with Gasteiger partial charge in [0.05, 0.1) is 6.04 Å². The molecule has 3 rings (SSSR count). The minimum Gasteiger partial charge on any atom is -0.374 e. The summed E-state index contributed by atoms with van der Waals surface area (Å²) in [7, 11) is 0. The second-order valence-electron chi connectivity index (χ2n) is 6.24. The van der Waals surface area contributed by atoms with Crippen molar-refractivity contribution in [1.82, 2.24) is 9.80 Å². The molecule has 2 heterocycles. The Morgan fingerprint density at radius 1 is 1.23 bits per heavy atom. The summed E-state index contributed by atoms with van der Waals surface area (Å²) in [6.45, 7) is 3.47. The average Bonchev–Trinajstić information content (AvgIpc) is 2.59. The molecule has 7 heteroatoms. The average molecular weight is 420 g/mol. The fraction of sp³-hybridized carbons (Fsp3) is 0.263. The molecule has 2 N–H and O–H groups in total. The number of allylic oxidation sites excluding steroid dienone is 2. The van der Waals surface area contributed by atoms with Crippen LogP contribution in [-0.2, 0) is 4.79 Å². The molecule has 1 aromatic carbocycles. The quantitative estimate of drug-likeness (QED) is 0.604. The van der Waals surface area contributed by atoms with Crippen molar-refractivity contribution in [2.45, 2.75) is 19.4 Å². The van der Waals surface area contributed by atoms with E-state index in [1.807, 2.05) is 30.0 Å². The van der Waals surface area contributed by atoms with Crippen molar-refractivity contribution >= 4 is 33.3 Å². The monoisotopic (exact) mass is 419 g/mol. The number of benzene rings is 1. The standard InChI is InChI=1S/C19H19BrFN3O2/c1-12-15(4-2-11-24(12)19(26)16(20)17(21)22)13-5-7-14(8-6-13)18(25)23-9-3-10-23/h2,4-8,11-12H,3,9-10,22H2,1H3/b17-16+. The minimum atomic E-state index is -1.06. The highest BCUT2D eigenvalue weighted by atomic mass is 79.9. The largest absolute Gasteiger partial charge is 0.374 e. The molecule has 1 aromatic rings. The van der Waals surface area contributed by atoms with Crippen LogP contribution in [0.1, 0.15) is 29.3 Å². The molecule has 1 saturated heterocycles. The predicted molar refractivity (Wildman–Crippen MR) is 102 cm³/mol. The highest BCUT2D eigenvalue weighted by molar-refractivity contribution is 9.12. The molecule has 1 atom stereocenters. The van der Waals surface area contributed by atoms with Crippen LogP contribution in [0.4, 0.5) is 4.39 Å². The molecule has 26 heavy (non-hydrogen) atoms. The maximum Gasteiger partial charge on any atom is 0.270 e. The number of hydrogen-bond acceptors (Lipinski definition) is 3. The normalized spacial score (nSPS) is 20.3. The van der Waals surface area contributed by atoms with Crippen molar-refractivity contribution in [3.05, 3.63) is 64.2 Å². The molecule has 2 amide bonds. The highest BCUT2D eigenvalue weighted by Crippen LogP contribution is 2.29. The van der Waals surface area contributed by atoms with Crippen LogP contribution in [0, 0.1) is 0 Å². The second-order valence-corrected chi connectivity index (χ2v) is 7.03. The third kappa shape index (κ3) is 3.44. The Balaban J connectivity index is 1.79. The lowest BCUT2D eigenvalue weighted by Gasteiger charge is -2.31. The smallest absolute Gasteiger partial charge is 0.270 e. The first-order valence-corrected chi connectivity index (χ1v) is 9.11. The minimum absolute atomic E-state index is 0.0395. The molecule has 0 bridgehead atoms. The zero-order chi connectivity index (χ0) is 18.8. The zero-order valence-electron chi connectivity index (χ0n) is 14.3. The van der Waals surface area contributed by atoms with E-state index in [1.54, 1.807) is 24.4 Å². The first kappa shape index (κ1) is 18.4. The van der Waals surface area contributed by atoms with Gasteiger partial charge in [-0.15, -0.1) is 0 Å². The van der Waals surface area contributed by atoms with E-state index in [1.165, 1.54) is 4.90 Å². The molecular weight excluding hydrogens is 401 g/mol. The molecule has 2 aliphatic rings. The van der Waals surface area contributed by atoms with Gasteiger partial charge in [0, 0.05) is 24.9 Å². The predicted octanol–water partition coefficient (Wildman–Crippen LogP) is 3.15. The van der Waals surface area contributed by atoms with Crippen molar-refractivity contribution in [2.75, 3.05) is 13.1 Å². The number of nitrogens with two attached hydrogens (primary N) is 1. The Morgan fingerprint density at radius 3 is 2.42 bits per heavy atom. The van der Waals surface area contributed by atoms with E-state index in [2.05, 4.69) is 15.9 Å². The maximum atomic E-state index is 13.2. The topological polar surface area (TPSA) is 66.6 Å². The van der Waals surface area contributed by atoms with Crippen molar-refractivity contribution in [3.63, 3.8) is 0 Å². The third-order valence-electron chi connectivity index (χ3n) is 4.63. The van der Waals surface area contributed by atoms with Crippen LogP contribution in [-0.4, -0.2) is 40.7 Å². The summed E-state index contributed by atoms with van der Waals surface area (Å²) >= 11 is 2.89. The lowest BCUT2D eigenvalue weighted by atomic mass is 9.95. The van der Waals surface area contributed by atoms with E-state index in [4.69, 9.17) is 5.73 Å². The SMILES string of the molecule is CC1C(c2ccc(C(=O)N3CCC3)cc2)=CC=CN1C(=O)/C(Br)=C(\N)F. The Morgan fingerprint density at radius 2 is 1.88 bits per heavy atom. The van der Waals surface area contributed by atoms with Crippen molar-refractivity contribution in [3.8, 4) is 0 Å². The van der Waals surface area contributed by atoms with Crippen LogP contribution in [0.25, 0.3) is 5.57 Å². The lowest BCUT2D eigenvalue weighted by molar-refractivity contribution is -0.124. The van der Waals surface area contributed by atoms with Gasteiger partial charge in [0.1, 0.15) is 4.48 Å². The van der Waals surface area contributed by atoms with Crippen LogP contribution >= 0.6 is 15.9 Å². The Labute approximate surface area is 159 Å². The van der Waals surface area contributed by atoms with Gasteiger partial charge >= 0.3 is 0 Å². The number of nitrogens with zero attached hydrogens (tertiary/aromatic N) is 2. The van der Waals surface area contributed by atoms with Gasteiger partial charge in [-0.25, -0.2) is 0 Å². The summed E-state index contributed by atoms with van der Waals surface area (Å²) in [4.78, 5) is 27.8. The van der Waals surface area contributed by atoms with Crippen LogP contribution in [0.2, 0.25) is 0 Å². The second kappa shape index (κ2) is 7.45. The first-order chi connectivity index (χ1) is 12.4. The van der Waals surface area contributed by atoms with Crippen LogP contribution in [0.15, 0.2) is 53.1 Å². The Hall–Kier alpha value is -2.41. The number of amides is 2. The summed E-state index contributed by atoms with van der Waals surface area (Å²) in [5, 5.41) is 0. The molecule has 2 aliphatic heterocycles. The van der Waals surface area contributed by atoms with Crippen molar-refractivity contribution in [1.29, 1.82) is 0 Å². The highest BCUT2D eigenvalue weighted by Gasteiger charge is 2.27. The van der Waals surface area contributed by atoms with Gasteiger partial charge in [-0.1, -0.05) is 18.2 Å². The van der Waals surface area contributed by atoms with Crippen molar-refractivity contribution < 1.29 is 14.0 Å². The summed E-state index contributed by atoms with van der Waals surface area (Å²) in [6, 6.07) is 7.01. The van der Waals surface area contributed by atoms with Gasteiger partial charge in [0.15, 0.2) is 0 Å². The fourth-order valence-corrected chi connectivity index (χ4v) is 3.17. The number of rotatable bonds is 3. The maximum absolute atomic E-state index is 13.2. The molecule has 136 valence electrons. The van der Waals surface area contributed by atoms with Gasteiger partial charge in [-0.3, -0.25) is 9.59 Å². The van der Waals surface area contributed by atoms with Gasteiger partial charge in [0.25, 0.3) is 11.8 Å². The Bertz CT molecular complexity index is 822. The summed E-state index contributed by atoms with van der Waals surface area (Å²) < 4.78 is 12.9. The number of halogens is 2. The van der Waals surface area contributed by atoms with Gasteiger partial charge in [0.2, 0.25) is 5.95 Å². The van der Waals surface area contributed by atoms with E-state index >= 15 is 0 Å². The molecule has 0 radical (unpaired) electrons. The van der Waals surface area contributed by atoms with Crippen LogP contribution in [0.3, 0.4) is 0 Å². The fourth-order valence-electron chi connectivity index (χ4n) is 2.96. The summed E-state index contributed by atoms with van der Waals surface area (Å²) in [5.74, 6) is -1.57. The number of hydrogen-bond donors (Lipinski definition) is 1. The van der Waals surface area contributed by atoms with Crippen LogP contribution in [0.5, 0.6) is 0 Å². The lowest BCUT2D eigenvalue weighted by Crippen LogP contribution is -2.42. The first-order valence-electron chi connectivity index (χ1n) is 8.31. The molecular formula is C19H19BrFN3O2. The molecule has 0 aliphatic carbocycles. The zero-order valence-corrected chi connectivity index (χ0v) is 15.9. The molecule has 0 aromatic heterocycles. The van der Waals surface area contributed by atoms with Crippen LogP contribution < -0.4 is 5.73 Å². The van der Waals surface area contributed by atoms with E-state index in [-0.39, 0.29) is 16.4 Å². The Kier molecular flexibility index (Phi) is 5.27. The van der Waals surface area contributed by atoms with E-state index in [0.29, 0.717) is 5.56 Å². The summed E-state index contributed by atoms with van der Waals surface area (Å²) in [5.41, 5.74) is 7.50. The van der Waals surface area contributed by atoms with Gasteiger partial charge in [-0.2, -0.15) is 4.39 Å². The summed E-state index contributed by atoms with van der Waals surface area (Å²) in [6.07, 6.45) is 6.26. The number of carbonyl (C=O) groups excluding carboxylic acids is 2. The molecule has 1 unspecified atom stereocenters. The molecule has 0 saturated carbocycles. The third-order valence-corrected chi connectivity index (χ3v) is 5.35. The molecule has 1 fully saturated rings. The van der Waals surface area contributed by atoms with Gasteiger partial charge in [-0.05, 0) is 58.6 Å². The van der Waals surface area contributed by atoms with Gasteiger partial charge < -0.3 is 15.5 Å². The van der Waals surface area contributed by atoms with E-state index in [9.17, 15) is 14.0 Å². The van der Waals surface area contributed by atoms with E-state index < -0.39 is 11.9 Å².